The molecule has 4 N–H and O–H groups in total. The lowest BCUT2D eigenvalue weighted by atomic mass is 9.61. The number of thioether (sulfide) groups is 2. The summed E-state index contributed by atoms with van der Waals surface area (Å²) in [7, 11) is 1.35. The molecule has 2 aromatic rings. The molecule has 2 aromatic carbocycles. The third kappa shape index (κ3) is 4.70. The van der Waals surface area contributed by atoms with Crippen LogP contribution in [0.15, 0.2) is 65.8 Å². The fourth-order valence-corrected chi connectivity index (χ4v) is 9.95. The van der Waals surface area contributed by atoms with E-state index in [0.29, 0.717) is 35.4 Å². The summed E-state index contributed by atoms with van der Waals surface area (Å²) in [5, 5.41) is 32.2. The van der Waals surface area contributed by atoms with Crippen molar-refractivity contribution in [2.45, 2.75) is 46.9 Å². The SMILES string of the molecule is COC(=O)CCCC1C2SCC(NC(=O)c3ccccc3)(C2=NO)C2(O)C(NC(=O)c3ccccc3)CSC12. The fraction of sp³-hybridized carbons (Fsp3) is 0.429. The van der Waals surface area contributed by atoms with E-state index in [1.165, 1.54) is 18.9 Å². The Morgan fingerprint density at radius 2 is 1.67 bits per heavy atom. The number of ether oxygens (including phenoxy) is 1. The third-order valence-corrected chi connectivity index (χ3v) is 11.1. The van der Waals surface area contributed by atoms with Crippen molar-refractivity contribution < 1.29 is 29.4 Å². The molecule has 2 heterocycles. The Bertz CT molecular complexity index is 1260. The molecule has 206 valence electrons. The quantitative estimate of drug-likeness (QED) is 0.216. The molecule has 1 aliphatic carbocycles. The van der Waals surface area contributed by atoms with Gasteiger partial charge in [-0.05, 0) is 43.0 Å². The molecule has 0 radical (unpaired) electrons. The second kappa shape index (κ2) is 11.2. The van der Waals surface area contributed by atoms with Crippen LogP contribution in [-0.4, -0.2) is 80.1 Å². The van der Waals surface area contributed by atoms with E-state index in [1.54, 1.807) is 60.3 Å². The molecule has 2 saturated heterocycles. The largest absolute Gasteiger partial charge is 0.469 e. The van der Waals surface area contributed by atoms with Crippen LogP contribution in [0.25, 0.3) is 0 Å². The van der Waals surface area contributed by atoms with E-state index in [-0.39, 0.29) is 35.2 Å². The van der Waals surface area contributed by atoms with Crippen LogP contribution < -0.4 is 10.6 Å². The van der Waals surface area contributed by atoms with Crippen molar-refractivity contribution in [3.63, 3.8) is 0 Å². The van der Waals surface area contributed by atoms with Crippen LogP contribution in [0.2, 0.25) is 0 Å². The lowest BCUT2D eigenvalue weighted by Gasteiger charge is -2.53. The van der Waals surface area contributed by atoms with Gasteiger partial charge in [-0.15, -0.1) is 11.8 Å². The highest BCUT2D eigenvalue weighted by Crippen LogP contribution is 2.59. The number of carbonyl (C=O) groups excluding carboxylic acids is 3. The molecule has 6 unspecified atom stereocenters. The number of amides is 2. The molecule has 0 aromatic heterocycles. The lowest BCUT2D eigenvalue weighted by molar-refractivity contribution is -0.140. The Morgan fingerprint density at radius 3 is 2.28 bits per heavy atom. The van der Waals surface area contributed by atoms with Gasteiger partial charge < -0.3 is 25.7 Å². The summed E-state index contributed by atoms with van der Waals surface area (Å²) < 4.78 is 4.80. The summed E-state index contributed by atoms with van der Waals surface area (Å²) >= 11 is 3.06. The highest BCUT2D eigenvalue weighted by molar-refractivity contribution is 8.02. The second-order valence-electron chi connectivity index (χ2n) is 10.0. The van der Waals surface area contributed by atoms with E-state index in [1.807, 2.05) is 12.1 Å². The maximum absolute atomic E-state index is 13.5. The van der Waals surface area contributed by atoms with Crippen molar-refractivity contribution in [3.8, 4) is 0 Å². The number of methoxy groups -OCH3 is 1. The summed E-state index contributed by atoms with van der Waals surface area (Å²) in [6.07, 6.45) is 1.34. The van der Waals surface area contributed by atoms with Crippen LogP contribution in [0.5, 0.6) is 0 Å². The zero-order valence-electron chi connectivity index (χ0n) is 21.4. The van der Waals surface area contributed by atoms with Crippen molar-refractivity contribution in [1.82, 2.24) is 10.6 Å². The molecule has 3 aliphatic rings. The van der Waals surface area contributed by atoms with Crippen molar-refractivity contribution in [3.05, 3.63) is 71.8 Å². The Labute approximate surface area is 235 Å². The summed E-state index contributed by atoms with van der Waals surface area (Å²) in [5.41, 5.74) is -1.92. The van der Waals surface area contributed by atoms with Crippen LogP contribution in [-0.2, 0) is 9.53 Å². The Kier molecular flexibility index (Phi) is 7.93. The normalized spacial score (nSPS) is 31.9. The standard InChI is InChI=1S/C28H31N3O6S2/c1-37-21(32)14-8-13-19-22-23(31-36)27(16-39-22,30-26(34)18-11-6-3-7-12-18)28(35)20(15-38-24(19)28)29-25(33)17-9-4-2-5-10-17/h2-7,9-12,19-20,22,24,35-36H,8,13-16H2,1H3,(H,29,33)(H,30,34). The Morgan fingerprint density at radius 1 is 1.03 bits per heavy atom. The van der Waals surface area contributed by atoms with Gasteiger partial charge in [0.05, 0.1) is 24.1 Å². The molecular weight excluding hydrogens is 538 g/mol. The van der Waals surface area contributed by atoms with Crippen molar-refractivity contribution >= 4 is 47.0 Å². The number of benzene rings is 2. The first kappa shape index (κ1) is 27.5. The number of hydrogen-bond donors (Lipinski definition) is 4. The van der Waals surface area contributed by atoms with Crippen LogP contribution in [0.3, 0.4) is 0 Å². The van der Waals surface area contributed by atoms with Gasteiger partial charge in [0.25, 0.3) is 11.8 Å². The monoisotopic (exact) mass is 569 g/mol. The summed E-state index contributed by atoms with van der Waals surface area (Å²) in [6, 6.07) is 16.7. The highest BCUT2D eigenvalue weighted by Gasteiger charge is 2.75. The first-order chi connectivity index (χ1) is 18.9. The van der Waals surface area contributed by atoms with Crippen LogP contribution in [0.1, 0.15) is 40.0 Å². The van der Waals surface area contributed by atoms with Crippen LogP contribution >= 0.6 is 23.5 Å². The third-order valence-electron chi connectivity index (χ3n) is 8.01. The number of esters is 1. The molecule has 11 heteroatoms. The van der Waals surface area contributed by atoms with Gasteiger partial charge in [-0.2, -0.15) is 11.8 Å². The van der Waals surface area contributed by atoms with Crippen molar-refractivity contribution in [1.29, 1.82) is 0 Å². The molecular formula is C28H31N3O6S2. The van der Waals surface area contributed by atoms with Gasteiger partial charge >= 0.3 is 5.97 Å². The average Bonchev–Trinajstić information content (AvgIpc) is 3.48. The number of nitrogens with one attached hydrogen (secondary N) is 2. The predicted molar refractivity (Wildman–Crippen MR) is 150 cm³/mol. The van der Waals surface area contributed by atoms with Gasteiger partial charge in [-0.1, -0.05) is 41.6 Å². The van der Waals surface area contributed by atoms with Crippen LogP contribution in [0.4, 0.5) is 0 Å². The van der Waals surface area contributed by atoms with E-state index < -0.39 is 28.3 Å². The van der Waals surface area contributed by atoms with E-state index >= 15 is 0 Å². The van der Waals surface area contributed by atoms with Gasteiger partial charge in [0.15, 0.2) is 0 Å². The molecule has 3 fully saturated rings. The molecule has 6 atom stereocenters. The van der Waals surface area contributed by atoms with E-state index in [4.69, 9.17) is 4.74 Å². The van der Waals surface area contributed by atoms with E-state index in [2.05, 4.69) is 15.8 Å². The maximum atomic E-state index is 13.5. The van der Waals surface area contributed by atoms with E-state index in [9.17, 15) is 24.7 Å². The zero-order valence-corrected chi connectivity index (χ0v) is 23.0. The fourth-order valence-electron chi connectivity index (χ4n) is 6.13. The van der Waals surface area contributed by atoms with Gasteiger partial charge in [0.1, 0.15) is 11.1 Å². The number of rotatable bonds is 8. The summed E-state index contributed by atoms with van der Waals surface area (Å²) in [4.78, 5) is 38.5. The number of fused-ring (bicyclic) bond motifs is 4. The summed E-state index contributed by atoms with van der Waals surface area (Å²) in [5.74, 6) is -0.534. The Hall–Kier alpha value is -3.02. The van der Waals surface area contributed by atoms with E-state index in [0.717, 1.165) is 0 Å². The van der Waals surface area contributed by atoms with Crippen molar-refractivity contribution in [2.75, 3.05) is 18.6 Å². The van der Waals surface area contributed by atoms with Gasteiger partial charge in [0.2, 0.25) is 0 Å². The number of hydrogen-bond acceptors (Lipinski definition) is 9. The van der Waals surface area contributed by atoms with Crippen molar-refractivity contribution in [2.24, 2.45) is 11.1 Å². The minimum absolute atomic E-state index is 0.163. The van der Waals surface area contributed by atoms with Gasteiger partial charge in [-0.3, -0.25) is 14.4 Å². The zero-order chi connectivity index (χ0) is 27.6. The molecule has 0 spiro atoms. The first-order valence-electron chi connectivity index (χ1n) is 12.8. The smallest absolute Gasteiger partial charge is 0.305 e. The first-order valence-corrected chi connectivity index (χ1v) is 14.9. The van der Waals surface area contributed by atoms with Gasteiger partial charge in [-0.25, -0.2) is 0 Å². The molecule has 2 amide bonds. The summed E-state index contributed by atoms with van der Waals surface area (Å²) in [6.45, 7) is 0. The number of carbonyl (C=O) groups is 3. The molecule has 2 aliphatic heterocycles. The lowest BCUT2D eigenvalue weighted by Crippen LogP contribution is -2.80. The van der Waals surface area contributed by atoms with Crippen LogP contribution in [0, 0.1) is 5.92 Å². The highest BCUT2D eigenvalue weighted by atomic mass is 32.2. The number of nitrogens with zero attached hydrogens (tertiary/aromatic N) is 1. The molecule has 1 saturated carbocycles. The average molecular weight is 570 g/mol. The Balaban J connectivity index is 1.53. The molecule has 39 heavy (non-hydrogen) atoms. The number of oxime groups is 1. The molecule has 5 rings (SSSR count). The molecule has 9 nitrogen and oxygen atoms in total. The topological polar surface area (TPSA) is 137 Å². The predicted octanol–water partition coefficient (Wildman–Crippen LogP) is 2.72. The second-order valence-corrected chi connectivity index (χ2v) is 12.4. The minimum Gasteiger partial charge on any atom is -0.469 e. The number of aliphatic hydroxyl groups is 1. The minimum atomic E-state index is -1.66. The maximum Gasteiger partial charge on any atom is 0.305 e. The molecule has 2 bridgehead atoms. The van der Waals surface area contributed by atoms with Gasteiger partial charge in [0, 0.05) is 34.3 Å².